The van der Waals surface area contributed by atoms with Crippen molar-refractivity contribution >= 4 is 25.4 Å². The van der Waals surface area contributed by atoms with Crippen LogP contribution in [0.15, 0.2) is 66.9 Å². The van der Waals surface area contributed by atoms with Crippen LogP contribution in [0.2, 0.25) is 0 Å². The Balaban J connectivity index is 1.82. The lowest BCUT2D eigenvalue weighted by Crippen LogP contribution is -2.62. The van der Waals surface area contributed by atoms with Crippen LogP contribution < -0.4 is 10.4 Å². The first kappa shape index (κ1) is 28.1. The molecule has 0 amide bonds. The number of aromatic nitrogens is 2. The molecular weight excluding hydrogens is 502 g/mol. The molecule has 1 aromatic heterocycles. The third kappa shape index (κ3) is 6.21. The number of aliphatic hydroxyl groups excluding tert-OH is 1. The Morgan fingerprint density at radius 3 is 2.05 bits per heavy atom. The van der Waals surface area contributed by atoms with Crippen molar-refractivity contribution in [2.45, 2.75) is 59.7 Å². The molecule has 1 aliphatic rings. The summed E-state index contributed by atoms with van der Waals surface area (Å²) in [5, 5.41) is 23.8. The second-order valence-corrected chi connectivity index (χ2v) is 13.9. The van der Waals surface area contributed by atoms with Gasteiger partial charge in [0, 0.05) is 0 Å². The zero-order chi connectivity index (χ0) is 27.6. The molecule has 9 nitrogen and oxygen atoms in total. The van der Waals surface area contributed by atoms with Gasteiger partial charge in [-0.05, 0) is 34.6 Å². The number of nitrogens with zero attached hydrogens (tertiary/aromatic N) is 3. The Morgan fingerprint density at radius 2 is 1.61 bits per heavy atom. The van der Waals surface area contributed by atoms with Crippen molar-refractivity contribution in [3.63, 3.8) is 0 Å². The summed E-state index contributed by atoms with van der Waals surface area (Å²) in [6, 6.07) is 20.4. The maximum absolute atomic E-state index is 11.9. The molecule has 0 aliphatic carbocycles. The quantitative estimate of drug-likeness (QED) is 0.253. The summed E-state index contributed by atoms with van der Waals surface area (Å²) in [5.74, 6) is -1.12. The number of hydrogen-bond acceptors (Lipinski definition) is 7. The zero-order valence-electron chi connectivity index (χ0n) is 22.7. The van der Waals surface area contributed by atoms with Gasteiger partial charge in [-0.2, -0.15) is 0 Å². The van der Waals surface area contributed by atoms with Crippen LogP contribution in [0.4, 0.5) is 5.95 Å². The summed E-state index contributed by atoms with van der Waals surface area (Å²) < 4.78 is 21.1. The zero-order valence-corrected chi connectivity index (χ0v) is 23.8. The first-order chi connectivity index (χ1) is 17.9. The van der Waals surface area contributed by atoms with Crippen LogP contribution in [0.5, 0.6) is 0 Å². The average molecular weight is 540 g/mol. The van der Waals surface area contributed by atoms with Gasteiger partial charge in [0.2, 0.25) is 9.04 Å². The third-order valence-electron chi connectivity index (χ3n) is 6.85. The van der Waals surface area contributed by atoms with Gasteiger partial charge in [-0.3, -0.25) is 0 Å². The smallest absolute Gasteiger partial charge is 0.407 e. The predicted octanol–water partition coefficient (Wildman–Crippen LogP) is 3.02. The number of ether oxygens (including phenoxy) is 2. The molecule has 38 heavy (non-hydrogen) atoms. The molecule has 1 saturated heterocycles. The third-order valence-corrected chi connectivity index (χ3v) is 9.38. The van der Waals surface area contributed by atoms with Gasteiger partial charge in [0.05, 0.1) is 31.3 Å². The SMILES string of the molecule is CC1(C)OCC(Cn2cc(CO)nc2[N+](=O)[O-])(C(O[SiH](c2ccccc2)c2ccccc2)C(C)(C)C)CO1. The van der Waals surface area contributed by atoms with Crippen LogP contribution in [0, 0.1) is 20.9 Å². The van der Waals surface area contributed by atoms with E-state index in [9.17, 15) is 15.2 Å². The van der Waals surface area contributed by atoms with Crippen LogP contribution >= 0.6 is 0 Å². The van der Waals surface area contributed by atoms with Crippen LogP contribution in [-0.2, 0) is 27.1 Å². The van der Waals surface area contributed by atoms with Crippen molar-refractivity contribution in [3.8, 4) is 0 Å². The number of hydrogen-bond donors (Lipinski definition) is 1. The first-order valence-electron chi connectivity index (χ1n) is 12.8. The van der Waals surface area contributed by atoms with Gasteiger partial charge >= 0.3 is 5.95 Å². The van der Waals surface area contributed by atoms with Gasteiger partial charge in [-0.1, -0.05) is 86.4 Å². The molecule has 204 valence electrons. The van der Waals surface area contributed by atoms with Crippen LogP contribution in [-0.4, -0.2) is 53.7 Å². The lowest BCUT2D eigenvalue weighted by atomic mass is 9.70. The molecule has 1 N–H and O–H groups in total. The van der Waals surface area contributed by atoms with Gasteiger partial charge < -0.3 is 29.1 Å². The molecule has 2 aromatic carbocycles. The highest BCUT2D eigenvalue weighted by atomic mass is 28.3. The van der Waals surface area contributed by atoms with Gasteiger partial charge in [0.25, 0.3) is 0 Å². The van der Waals surface area contributed by atoms with Crippen molar-refractivity contribution in [3.05, 3.63) is 82.7 Å². The Bertz CT molecular complexity index is 1180. The van der Waals surface area contributed by atoms with E-state index < -0.39 is 37.9 Å². The summed E-state index contributed by atoms with van der Waals surface area (Å²) in [4.78, 5) is 15.4. The topological polar surface area (TPSA) is 109 Å². The highest BCUT2D eigenvalue weighted by Crippen LogP contribution is 2.44. The molecule has 3 aromatic rings. The Labute approximate surface area is 225 Å². The second-order valence-electron chi connectivity index (χ2n) is 11.5. The van der Waals surface area contributed by atoms with Crippen molar-refractivity contribution in [2.75, 3.05) is 13.2 Å². The standard InChI is InChI=1S/C28H37N3O6Si/c1-26(2,3)24(37-38(22-12-8-6-9-13-22)23-14-10-7-11-15-23)28(19-35-27(4,5)36-20-28)18-30-16-21(17-32)29-25(30)31(33)34/h6-16,24,32,38H,17-20H2,1-5H3. The van der Waals surface area contributed by atoms with E-state index in [0.29, 0.717) is 0 Å². The second kappa shape index (κ2) is 11.1. The van der Waals surface area contributed by atoms with E-state index in [2.05, 4.69) is 50.0 Å². The lowest BCUT2D eigenvalue weighted by molar-refractivity contribution is -0.397. The Kier molecular flexibility index (Phi) is 8.19. The van der Waals surface area contributed by atoms with Crippen LogP contribution in [0.25, 0.3) is 0 Å². The largest absolute Gasteiger partial charge is 0.434 e. The monoisotopic (exact) mass is 539 g/mol. The Morgan fingerprint density at radius 1 is 1.08 bits per heavy atom. The normalized spacial score (nSPS) is 17.9. The van der Waals surface area contributed by atoms with E-state index in [4.69, 9.17) is 13.9 Å². The first-order valence-corrected chi connectivity index (χ1v) is 14.4. The summed E-state index contributed by atoms with van der Waals surface area (Å²) in [6.07, 6.45) is 1.13. The van der Waals surface area contributed by atoms with Gasteiger partial charge in [0.15, 0.2) is 11.5 Å². The molecule has 0 spiro atoms. The number of imidazole rings is 1. The molecule has 0 bridgehead atoms. The van der Waals surface area contributed by atoms with Gasteiger partial charge in [0.1, 0.15) is 12.8 Å². The summed E-state index contributed by atoms with van der Waals surface area (Å²) in [5.41, 5.74) is -0.919. The summed E-state index contributed by atoms with van der Waals surface area (Å²) in [6.45, 7) is 10.4. The minimum Gasteiger partial charge on any atom is -0.407 e. The molecule has 10 heteroatoms. The van der Waals surface area contributed by atoms with E-state index in [-0.39, 0.29) is 36.8 Å². The molecule has 0 saturated carbocycles. The predicted molar refractivity (Wildman–Crippen MR) is 147 cm³/mol. The maximum atomic E-state index is 11.9. The average Bonchev–Trinajstić information content (AvgIpc) is 3.29. The highest BCUT2D eigenvalue weighted by molar-refractivity contribution is 6.80. The molecule has 2 heterocycles. The fraction of sp³-hybridized carbons (Fsp3) is 0.464. The number of aliphatic hydroxyl groups is 1. The molecule has 0 radical (unpaired) electrons. The summed E-state index contributed by atoms with van der Waals surface area (Å²) >= 11 is 0. The van der Waals surface area contributed by atoms with Crippen molar-refractivity contribution in [2.24, 2.45) is 10.8 Å². The Hall–Kier alpha value is -2.89. The minimum absolute atomic E-state index is 0.180. The highest BCUT2D eigenvalue weighted by Gasteiger charge is 2.53. The summed E-state index contributed by atoms with van der Waals surface area (Å²) in [7, 11) is -2.21. The number of benzene rings is 2. The number of rotatable bonds is 9. The van der Waals surface area contributed by atoms with Crippen molar-refractivity contribution < 1.29 is 23.9 Å². The van der Waals surface area contributed by atoms with Crippen molar-refractivity contribution in [1.82, 2.24) is 9.55 Å². The molecule has 1 aliphatic heterocycles. The molecular formula is C28H37N3O6Si. The maximum Gasteiger partial charge on any atom is 0.434 e. The van der Waals surface area contributed by atoms with Gasteiger partial charge in [-0.15, -0.1) is 0 Å². The minimum atomic E-state index is -2.21. The fourth-order valence-electron chi connectivity index (χ4n) is 5.19. The lowest BCUT2D eigenvalue weighted by Gasteiger charge is -2.51. The van der Waals surface area contributed by atoms with Crippen molar-refractivity contribution in [1.29, 1.82) is 0 Å². The molecule has 4 rings (SSSR count). The fourth-order valence-corrected chi connectivity index (χ4v) is 8.00. The molecule has 1 unspecified atom stereocenters. The van der Waals surface area contributed by atoms with Gasteiger partial charge in [-0.25, -0.2) is 4.57 Å². The van der Waals surface area contributed by atoms with E-state index >= 15 is 0 Å². The van der Waals surface area contributed by atoms with E-state index in [1.165, 1.54) is 10.8 Å². The van der Waals surface area contributed by atoms with E-state index in [0.717, 1.165) is 10.4 Å². The van der Waals surface area contributed by atoms with Crippen LogP contribution in [0.3, 0.4) is 0 Å². The van der Waals surface area contributed by atoms with Crippen LogP contribution in [0.1, 0.15) is 40.3 Å². The van der Waals surface area contributed by atoms with E-state index in [1.807, 2.05) is 50.2 Å². The molecule has 1 fully saturated rings. The van der Waals surface area contributed by atoms with E-state index in [1.54, 1.807) is 0 Å². The number of nitro groups is 1. The molecule has 1 atom stereocenters.